The van der Waals surface area contributed by atoms with E-state index in [1.165, 1.54) is 9.80 Å². The van der Waals surface area contributed by atoms with Gasteiger partial charge in [-0.3, -0.25) is 10.2 Å². The maximum absolute atomic E-state index is 11.7. The van der Waals surface area contributed by atoms with Crippen LogP contribution in [0.15, 0.2) is 4.99 Å². The summed E-state index contributed by atoms with van der Waals surface area (Å²) in [5.74, 6) is 0.0164. The molecule has 104 valence electrons. The van der Waals surface area contributed by atoms with Gasteiger partial charge in [-0.2, -0.15) is 5.26 Å². The van der Waals surface area contributed by atoms with Crippen molar-refractivity contribution in [2.24, 2.45) is 16.5 Å². The summed E-state index contributed by atoms with van der Waals surface area (Å²) >= 11 is 0. The number of guanidine groups is 1. The Morgan fingerprint density at radius 1 is 1.32 bits per heavy atom. The Morgan fingerprint density at radius 2 is 2.00 bits per heavy atom. The molecule has 1 heterocycles. The highest BCUT2D eigenvalue weighted by molar-refractivity contribution is 5.80. The highest BCUT2D eigenvalue weighted by atomic mass is 16.2. The minimum absolute atomic E-state index is 0.0164. The van der Waals surface area contributed by atoms with Gasteiger partial charge in [0.2, 0.25) is 12.2 Å². The average molecular weight is 269 g/mol. The summed E-state index contributed by atoms with van der Waals surface area (Å²) < 4.78 is 0. The summed E-state index contributed by atoms with van der Waals surface area (Å²) in [7, 11) is 0. The Kier molecular flexibility index (Phi) is 5.17. The molecule has 0 aromatic rings. The van der Waals surface area contributed by atoms with Crippen molar-refractivity contribution in [1.29, 1.82) is 5.26 Å². The number of amides is 4. The van der Waals surface area contributed by atoms with Crippen molar-refractivity contribution >= 4 is 18.0 Å². The lowest BCUT2D eigenvalue weighted by Gasteiger charge is -2.36. The first-order valence-electron chi connectivity index (χ1n) is 5.28. The molecule has 11 nitrogen and oxygen atoms in total. The van der Waals surface area contributed by atoms with E-state index in [2.05, 4.69) is 20.9 Å². The zero-order valence-corrected chi connectivity index (χ0v) is 10.1. The lowest BCUT2D eigenvalue weighted by Crippen LogP contribution is -2.60. The number of rotatable bonds is 2. The van der Waals surface area contributed by atoms with E-state index in [4.69, 9.17) is 16.7 Å². The van der Waals surface area contributed by atoms with Gasteiger partial charge >= 0.3 is 12.1 Å². The van der Waals surface area contributed by atoms with Crippen molar-refractivity contribution in [2.45, 2.75) is 0 Å². The van der Waals surface area contributed by atoms with Crippen LogP contribution in [-0.4, -0.2) is 54.5 Å². The zero-order chi connectivity index (χ0) is 14.3. The largest absolute Gasteiger partial charge is 0.369 e. The third kappa shape index (κ3) is 4.56. The van der Waals surface area contributed by atoms with Crippen molar-refractivity contribution in [3.05, 3.63) is 0 Å². The molecule has 0 aliphatic carbocycles. The summed E-state index contributed by atoms with van der Waals surface area (Å²) in [5, 5.41) is 16.0. The van der Waals surface area contributed by atoms with Gasteiger partial charge < -0.3 is 27.0 Å². The van der Waals surface area contributed by atoms with E-state index in [0.29, 0.717) is 13.3 Å². The summed E-state index contributed by atoms with van der Waals surface area (Å²) in [6.45, 7) is 0.776. The number of nitrogens with one attached hydrogen (secondary N) is 3. The van der Waals surface area contributed by atoms with Crippen LogP contribution in [0.1, 0.15) is 0 Å². The van der Waals surface area contributed by atoms with Crippen molar-refractivity contribution in [1.82, 2.24) is 25.8 Å². The molecule has 0 unspecified atom stereocenters. The summed E-state index contributed by atoms with van der Waals surface area (Å²) in [5.41, 5.74) is 10.4. The van der Waals surface area contributed by atoms with Crippen LogP contribution in [0.4, 0.5) is 9.59 Å². The van der Waals surface area contributed by atoms with E-state index >= 15 is 0 Å². The van der Waals surface area contributed by atoms with Crippen LogP contribution in [0.3, 0.4) is 0 Å². The number of hydrogen-bond donors (Lipinski definition) is 5. The first-order valence-corrected chi connectivity index (χ1v) is 5.28. The molecule has 19 heavy (non-hydrogen) atoms. The van der Waals surface area contributed by atoms with E-state index in [9.17, 15) is 9.59 Å². The maximum atomic E-state index is 11.7. The van der Waals surface area contributed by atoms with Crippen LogP contribution >= 0.6 is 0 Å². The molecule has 1 rings (SSSR count). The average Bonchev–Trinajstić information content (AvgIpc) is 2.38. The van der Waals surface area contributed by atoms with Crippen molar-refractivity contribution in [3.63, 3.8) is 0 Å². The van der Waals surface area contributed by atoms with Gasteiger partial charge in [0.25, 0.3) is 0 Å². The van der Waals surface area contributed by atoms with Crippen LogP contribution in [0.2, 0.25) is 0 Å². The number of nitriles is 1. The molecule has 0 bridgehead atoms. The van der Waals surface area contributed by atoms with Gasteiger partial charge in [-0.05, 0) is 0 Å². The van der Waals surface area contributed by atoms with E-state index in [0.717, 1.165) is 0 Å². The number of aliphatic imine (C=N–C) groups is 1. The highest BCUT2D eigenvalue weighted by Gasteiger charge is 2.22. The Labute approximate surface area is 109 Å². The Hall–Kier alpha value is -2.74. The molecule has 7 N–H and O–H groups in total. The van der Waals surface area contributed by atoms with Gasteiger partial charge in [-0.15, -0.1) is 4.99 Å². The second-order valence-corrected chi connectivity index (χ2v) is 3.56. The number of hydrogen-bond acceptors (Lipinski definition) is 5. The minimum Gasteiger partial charge on any atom is -0.369 e. The van der Waals surface area contributed by atoms with E-state index < -0.39 is 12.1 Å². The van der Waals surface area contributed by atoms with Gasteiger partial charge in [-0.1, -0.05) is 0 Å². The van der Waals surface area contributed by atoms with Gasteiger partial charge in [0.05, 0.1) is 20.0 Å². The van der Waals surface area contributed by atoms with E-state index in [1.54, 1.807) is 6.19 Å². The van der Waals surface area contributed by atoms with Crippen LogP contribution in [-0.2, 0) is 0 Å². The van der Waals surface area contributed by atoms with Crippen LogP contribution in [0.5, 0.6) is 0 Å². The minimum atomic E-state index is -0.732. The first-order chi connectivity index (χ1) is 9.04. The second kappa shape index (κ2) is 6.87. The fourth-order valence-electron chi connectivity index (χ4n) is 1.36. The molecule has 0 radical (unpaired) electrons. The quantitative estimate of drug-likeness (QED) is 0.157. The molecule has 1 saturated heterocycles. The third-order valence-electron chi connectivity index (χ3n) is 2.22. The lowest BCUT2D eigenvalue weighted by atomic mass is 10.5. The third-order valence-corrected chi connectivity index (χ3v) is 2.22. The highest BCUT2D eigenvalue weighted by Crippen LogP contribution is 1.98. The number of carbonyl (C=O) groups is 2. The number of primary amides is 1. The second-order valence-electron chi connectivity index (χ2n) is 3.56. The number of nitrogens with zero attached hydrogens (tertiary/aromatic N) is 4. The smallest absolute Gasteiger partial charge is 0.321 e. The molecule has 0 saturated carbocycles. The van der Waals surface area contributed by atoms with Crippen LogP contribution in [0.25, 0.3) is 0 Å². The van der Waals surface area contributed by atoms with Crippen LogP contribution in [0, 0.1) is 11.5 Å². The number of carbonyl (C=O) groups excluding carboxylic acids is 2. The Morgan fingerprint density at radius 3 is 2.63 bits per heavy atom. The van der Waals surface area contributed by atoms with Gasteiger partial charge in [0, 0.05) is 0 Å². The molecule has 0 aromatic carbocycles. The number of urea groups is 2. The summed E-state index contributed by atoms with van der Waals surface area (Å²) in [4.78, 5) is 28.4. The molecule has 0 aromatic heterocycles. The fourth-order valence-corrected chi connectivity index (χ4v) is 1.36. The Balaban J connectivity index is 2.46. The van der Waals surface area contributed by atoms with Crippen molar-refractivity contribution in [2.75, 3.05) is 26.7 Å². The summed E-state index contributed by atoms with van der Waals surface area (Å²) in [6, 6.07) is -1.15. The topological polar surface area (TPSA) is 165 Å². The van der Waals surface area contributed by atoms with E-state index in [-0.39, 0.29) is 19.3 Å². The van der Waals surface area contributed by atoms with Crippen LogP contribution < -0.4 is 27.4 Å². The molecule has 1 fully saturated rings. The van der Waals surface area contributed by atoms with Crippen molar-refractivity contribution < 1.29 is 9.59 Å². The SMILES string of the molecule is N#C/N=C(\N)N1CNCN(C(=O)NCNC(N)=O)C1. The van der Waals surface area contributed by atoms with Gasteiger partial charge in [0.15, 0.2) is 0 Å². The first kappa shape index (κ1) is 14.3. The molecule has 0 spiro atoms. The predicted octanol–water partition coefficient (Wildman–Crippen LogP) is -2.80. The standard InChI is InChI=1S/C8H15N9O2/c9-1-13-6(10)16-3-12-4-17(5-16)8(19)15-2-14-7(11)18/h12H,2-5H2,(H2,10,13)(H,15,19)(H3,11,14,18). The predicted molar refractivity (Wildman–Crippen MR) is 64.8 cm³/mol. The van der Waals surface area contributed by atoms with Crippen molar-refractivity contribution in [3.8, 4) is 6.19 Å². The maximum Gasteiger partial charge on any atom is 0.321 e. The van der Waals surface area contributed by atoms with Gasteiger partial charge in [0.1, 0.15) is 6.67 Å². The molecular weight excluding hydrogens is 254 g/mol. The monoisotopic (exact) mass is 269 g/mol. The molecule has 11 heteroatoms. The fraction of sp³-hybridized carbons (Fsp3) is 0.500. The van der Waals surface area contributed by atoms with Gasteiger partial charge in [-0.25, -0.2) is 9.59 Å². The lowest BCUT2D eigenvalue weighted by molar-refractivity contribution is 0.128. The molecule has 1 aliphatic rings. The molecule has 1 aliphatic heterocycles. The molecular formula is C8H15N9O2. The zero-order valence-electron chi connectivity index (χ0n) is 10.1. The number of nitrogens with two attached hydrogens (primary N) is 2. The Bertz CT molecular complexity index is 415. The summed E-state index contributed by atoms with van der Waals surface area (Å²) in [6.07, 6.45) is 1.57. The van der Waals surface area contributed by atoms with E-state index in [1.807, 2.05) is 0 Å². The normalized spacial score (nSPS) is 15.6. The molecule has 4 amide bonds. The molecule has 0 atom stereocenters.